The number of aliphatic imine (C=N–C) groups is 1. The van der Waals surface area contributed by atoms with Gasteiger partial charge in [-0.25, -0.2) is 8.42 Å². The van der Waals surface area contributed by atoms with E-state index in [2.05, 4.69) is 4.99 Å². The van der Waals surface area contributed by atoms with Gasteiger partial charge in [-0.15, -0.1) is 0 Å². The summed E-state index contributed by atoms with van der Waals surface area (Å²) >= 11 is 1.41. The van der Waals surface area contributed by atoms with E-state index >= 15 is 0 Å². The molecule has 0 saturated carbocycles. The number of carbonyl (C=O) groups is 1. The van der Waals surface area contributed by atoms with Crippen LogP contribution in [0.1, 0.15) is 18.1 Å². The number of aryl methyl sites for hydroxylation is 2. The highest BCUT2D eigenvalue weighted by Crippen LogP contribution is 2.42. The third-order valence-corrected chi connectivity index (χ3v) is 7.15. The molecule has 1 aromatic rings. The molecule has 2 atom stereocenters. The number of anilines is 1. The summed E-state index contributed by atoms with van der Waals surface area (Å²) in [5.41, 5.74) is 3.08. The molecular weight excluding hydrogens is 320 g/mol. The van der Waals surface area contributed by atoms with Gasteiger partial charge in [0.2, 0.25) is 5.91 Å². The second-order valence-electron chi connectivity index (χ2n) is 5.87. The minimum absolute atomic E-state index is 0.0528. The molecule has 2 saturated heterocycles. The fourth-order valence-corrected chi connectivity index (χ4v) is 6.91. The fourth-order valence-electron chi connectivity index (χ4n) is 2.96. The molecule has 0 bridgehead atoms. The summed E-state index contributed by atoms with van der Waals surface area (Å²) in [6, 6.07) is 5.91. The monoisotopic (exact) mass is 338 g/mol. The van der Waals surface area contributed by atoms with Crippen molar-refractivity contribution in [1.29, 1.82) is 0 Å². The van der Waals surface area contributed by atoms with Crippen molar-refractivity contribution in [3.05, 3.63) is 29.3 Å². The van der Waals surface area contributed by atoms with Crippen LogP contribution >= 0.6 is 11.8 Å². The Morgan fingerprint density at radius 2 is 2.05 bits per heavy atom. The Hall–Kier alpha value is -1.34. The molecule has 0 unspecified atom stereocenters. The largest absolute Gasteiger partial charge is 0.315 e. The van der Waals surface area contributed by atoms with Gasteiger partial charge in [0.1, 0.15) is 0 Å². The SMILES string of the molecule is CC(=O)N=C1S[C@@H]2CS(=O)(=O)C[C@@H]2N1c1cc(C)ccc1C. The zero-order valence-electron chi connectivity index (χ0n) is 12.7. The first-order valence-electron chi connectivity index (χ1n) is 7.10. The molecular formula is C15H18N2O3S2. The van der Waals surface area contributed by atoms with Crippen molar-refractivity contribution in [3.63, 3.8) is 0 Å². The number of hydrogen-bond acceptors (Lipinski definition) is 4. The Labute approximate surface area is 134 Å². The Balaban J connectivity index is 2.10. The first-order valence-corrected chi connectivity index (χ1v) is 9.80. The smallest absolute Gasteiger partial charge is 0.244 e. The molecule has 0 aliphatic carbocycles. The zero-order chi connectivity index (χ0) is 16.1. The lowest BCUT2D eigenvalue weighted by atomic mass is 10.1. The summed E-state index contributed by atoms with van der Waals surface area (Å²) < 4.78 is 23.9. The maximum atomic E-state index is 12.0. The van der Waals surface area contributed by atoms with Crippen LogP contribution in [-0.2, 0) is 14.6 Å². The average Bonchev–Trinajstić information content (AvgIpc) is 2.83. The van der Waals surface area contributed by atoms with Crippen LogP contribution in [0.15, 0.2) is 23.2 Å². The molecule has 2 aliphatic rings. The minimum atomic E-state index is -3.02. The van der Waals surface area contributed by atoms with E-state index < -0.39 is 9.84 Å². The number of carbonyl (C=O) groups excluding carboxylic acids is 1. The van der Waals surface area contributed by atoms with Gasteiger partial charge in [-0.05, 0) is 31.0 Å². The van der Waals surface area contributed by atoms with E-state index in [1.165, 1.54) is 18.7 Å². The summed E-state index contributed by atoms with van der Waals surface area (Å²) in [7, 11) is -3.02. The number of sulfone groups is 1. The molecule has 1 aromatic carbocycles. The predicted molar refractivity (Wildman–Crippen MR) is 90.3 cm³/mol. The molecule has 0 aromatic heterocycles. The van der Waals surface area contributed by atoms with Crippen molar-refractivity contribution in [3.8, 4) is 0 Å². The molecule has 7 heteroatoms. The Morgan fingerprint density at radius 3 is 2.73 bits per heavy atom. The van der Waals surface area contributed by atoms with Gasteiger partial charge in [0.15, 0.2) is 15.0 Å². The van der Waals surface area contributed by atoms with Crippen LogP contribution in [0.4, 0.5) is 5.69 Å². The third kappa shape index (κ3) is 2.79. The lowest BCUT2D eigenvalue weighted by Crippen LogP contribution is -2.38. The summed E-state index contributed by atoms with van der Waals surface area (Å²) in [5.74, 6) is 0.0101. The van der Waals surface area contributed by atoms with Gasteiger partial charge in [-0.3, -0.25) is 4.79 Å². The minimum Gasteiger partial charge on any atom is -0.315 e. The number of rotatable bonds is 1. The van der Waals surface area contributed by atoms with Gasteiger partial charge >= 0.3 is 0 Å². The Bertz CT molecular complexity index is 771. The summed E-state index contributed by atoms with van der Waals surface area (Å²) in [4.78, 5) is 17.5. The van der Waals surface area contributed by atoms with Crippen LogP contribution < -0.4 is 4.90 Å². The third-order valence-electron chi connectivity index (χ3n) is 3.94. The van der Waals surface area contributed by atoms with Crippen LogP contribution in [-0.4, -0.2) is 42.3 Å². The topological polar surface area (TPSA) is 66.8 Å². The molecule has 0 N–H and O–H groups in total. The quantitative estimate of drug-likeness (QED) is 0.783. The molecule has 3 rings (SSSR count). The highest BCUT2D eigenvalue weighted by atomic mass is 32.2. The van der Waals surface area contributed by atoms with E-state index in [0.717, 1.165) is 16.8 Å². The maximum Gasteiger partial charge on any atom is 0.244 e. The first kappa shape index (κ1) is 15.6. The zero-order valence-corrected chi connectivity index (χ0v) is 14.4. The van der Waals surface area contributed by atoms with Crippen molar-refractivity contribution in [2.24, 2.45) is 4.99 Å². The summed E-state index contributed by atoms with van der Waals surface area (Å²) in [6.45, 7) is 5.40. The van der Waals surface area contributed by atoms with Gasteiger partial charge in [0.05, 0.1) is 17.5 Å². The lowest BCUT2D eigenvalue weighted by molar-refractivity contribution is -0.115. The molecule has 0 spiro atoms. The Morgan fingerprint density at radius 1 is 1.32 bits per heavy atom. The van der Waals surface area contributed by atoms with E-state index in [4.69, 9.17) is 0 Å². The van der Waals surface area contributed by atoms with Crippen molar-refractivity contribution in [1.82, 2.24) is 0 Å². The molecule has 2 heterocycles. The summed E-state index contributed by atoms with van der Waals surface area (Å²) in [6.07, 6.45) is 0. The molecule has 0 radical (unpaired) electrons. The van der Waals surface area contributed by atoms with Crippen LogP contribution in [0, 0.1) is 13.8 Å². The van der Waals surface area contributed by atoms with E-state index in [0.29, 0.717) is 5.17 Å². The van der Waals surface area contributed by atoms with E-state index in [1.807, 2.05) is 36.9 Å². The summed E-state index contributed by atoms with van der Waals surface area (Å²) in [5, 5.41) is 0.564. The molecule has 2 aliphatic heterocycles. The molecule has 1 amide bonds. The van der Waals surface area contributed by atoms with E-state index in [-0.39, 0.29) is 28.7 Å². The number of benzene rings is 1. The molecule has 22 heavy (non-hydrogen) atoms. The Kier molecular flexibility index (Phi) is 3.81. The number of amides is 1. The van der Waals surface area contributed by atoms with Crippen molar-refractivity contribution in [2.75, 3.05) is 16.4 Å². The van der Waals surface area contributed by atoms with Gasteiger partial charge in [-0.2, -0.15) is 4.99 Å². The second-order valence-corrected chi connectivity index (χ2v) is 9.23. The fraction of sp³-hybridized carbons (Fsp3) is 0.467. The standard InChI is InChI=1S/C15H18N2O3S2/c1-9-4-5-10(2)12(6-9)17-13-7-22(19,20)8-14(13)21-15(17)16-11(3)18/h4-6,13-14H,7-8H2,1-3H3/t13-,14+/m0/s1. The molecule has 2 fully saturated rings. The van der Waals surface area contributed by atoms with Crippen LogP contribution in [0.3, 0.4) is 0 Å². The normalized spacial score (nSPS) is 28.1. The number of hydrogen-bond donors (Lipinski definition) is 0. The number of fused-ring (bicyclic) bond motifs is 1. The van der Waals surface area contributed by atoms with Crippen molar-refractivity contribution in [2.45, 2.75) is 32.1 Å². The van der Waals surface area contributed by atoms with Crippen molar-refractivity contribution < 1.29 is 13.2 Å². The van der Waals surface area contributed by atoms with Gasteiger partial charge in [-0.1, -0.05) is 23.9 Å². The number of thioether (sulfide) groups is 1. The van der Waals surface area contributed by atoms with Gasteiger partial charge < -0.3 is 4.90 Å². The second kappa shape index (κ2) is 5.38. The predicted octanol–water partition coefficient (Wildman–Crippen LogP) is 1.92. The van der Waals surface area contributed by atoms with Gasteiger partial charge in [0.25, 0.3) is 0 Å². The maximum absolute atomic E-state index is 12.0. The number of nitrogens with zero attached hydrogens (tertiary/aromatic N) is 2. The molecule has 118 valence electrons. The van der Waals surface area contributed by atoms with Crippen LogP contribution in [0.25, 0.3) is 0 Å². The van der Waals surface area contributed by atoms with Crippen molar-refractivity contribution >= 4 is 38.4 Å². The first-order chi connectivity index (χ1) is 10.3. The highest BCUT2D eigenvalue weighted by Gasteiger charge is 2.49. The number of amidine groups is 1. The van der Waals surface area contributed by atoms with E-state index in [9.17, 15) is 13.2 Å². The lowest BCUT2D eigenvalue weighted by Gasteiger charge is -2.26. The average molecular weight is 338 g/mol. The van der Waals surface area contributed by atoms with Crippen LogP contribution in [0.2, 0.25) is 0 Å². The molecule has 5 nitrogen and oxygen atoms in total. The highest BCUT2D eigenvalue weighted by molar-refractivity contribution is 8.16. The van der Waals surface area contributed by atoms with E-state index in [1.54, 1.807) is 0 Å². The van der Waals surface area contributed by atoms with Crippen LogP contribution in [0.5, 0.6) is 0 Å². The van der Waals surface area contributed by atoms with Gasteiger partial charge in [0, 0.05) is 17.9 Å².